The van der Waals surface area contributed by atoms with Crippen molar-refractivity contribution in [2.24, 2.45) is 5.92 Å². The summed E-state index contributed by atoms with van der Waals surface area (Å²) in [6.07, 6.45) is 11.7. The highest BCUT2D eigenvalue weighted by atomic mass is 16.5. The Morgan fingerprint density at radius 1 is 1.03 bits per heavy atom. The molecule has 33 heavy (non-hydrogen) atoms. The molecule has 0 atom stereocenters. The molecule has 7 nitrogen and oxygen atoms in total. The molecule has 1 saturated carbocycles. The van der Waals surface area contributed by atoms with Crippen LogP contribution in [0.5, 0.6) is 5.75 Å². The summed E-state index contributed by atoms with van der Waals surface area (Å²) in [4.78, 5) is 4.76. The first-order valence-corrected chi connectivity index (χ1v) is 12.0. The van der Waals surface area contributed by atoms with Crippen LogP contribution in [0.4, 0.5) is 0 Å². The van der Waals surface area contributed by atoms with Crippen LogP contribution in [0.25, 0.3) is 16.6 Å². The lowest BCUT2D eigenvalue weighted by Crippen LogP contribution is -2.25. The van der Waals surface area contributed by atoms with Crippen LogP contribution in [-0.2, 0) is 9.47 Å². The second-order valence-corrected chi connectivity index (χ2v) is 8.90. The Hall–Kier alpha value is -2.95. The van der Waals surface area contributed by atoms with E-state index in [9.17, 15) is 5.26 Å². The molecule has 0 bridgehead atoms. The number of fused-ring (bicyclic) bond motifs is 1. The number of nitriles is 1. The number of benzene rings is 1. The molecule has 3 aromatic rings. The lowest BCUT2D eigenvalue weighted by Gasteiger charge is -2.25. The van der Waals surface area contributed by atoms with Gasteiger partial charge in [-0.15, -0.1) is 0 Å². The molecule has 0 amide bonds. The maximum atomic E-state index is 9.23. The quantitative estimate of drug-likeness (QED) is 0.486. The Labute approximate surface area is 194 Å². The first-order chi connectivity index (χ1) is 16.3. The second kappa shape index (κ2) is 10.3. The van der Waals surface area contributed by atoms with E-state index < -0.39 is 0 Å². The largest absolute Gasteiger partial charge is 0.491 e. The monoisotopic (exact) mass is 446 g/mol. The summed E-state index contributed by atoms with van der Waals surface area (Å²) in [6, 6.07) is 10.6. The molecule has 1 aliphatic heterocycles. The number of rotatable bonds is 7. The van der Waals surface area contributed by atoms with Gasteiger partial charge < -0.3 is 14.2 Å². The maximum Gasteiger partial charge on any atom is 0.119 e. The van der Waals surface area contributed by atoms with Gasteiger partial charge in [0.2, 0.25) is 0 Å². The average Bonchev–Trinajstić information content (AvgIpc) is 3.32. The van der Waals surface area contributed by atoms with Gasteiger partial charge in [0.15, 0.2) is 0 Å². The molecule has 2 fully saturated rings. The molecule has 3 heterocycles. The second-order valence-electron chi connectivity index (χ2n) is 8.90. The first-order valence-electron chi connectivity index (χ1n) is 12.0. The Kier molecular flexibility index (Phi) is 6.84. The summed E-state index contributed by atoms with van der Waals surface area (Å²) < 4.78 is 19.0. The molecule has 2 aromatic heterocycles. The zero-order valence-corrected chi connectivity index (χ0v) is 18.9. The van der Waals surface area contributed by atoms with Gasteiger partial charge in [-0.2, -0.15) is 10.4 Å². The molecule has 5 rings (SSSR count). The highest BCUT2D eigenvalue weighted by Crippen LogP contribution is 2.38. The number of hydrogen-bond donors (Lipinski definition) is 0. The molecule has 1 aromatic carbocycles. The normalized spacial score (nSPS) is 21.7. The Morgan fingerprint density at radius 3 is 2.58 bits per heavy atom. The van der Waals surface area contributed by atoms with Crippen molar-refractivity contribution in [3.8, 4) is 22.9 Å². The van der Waals surface area contributed by atoms with E-state index in [-0.39, 0.29) is 12.0 Å². The van der Waals surface area contributed by atoms with Crippen LogP contribution in [0.2, 0.25) is 0 Å². The van der Waals surface area contributed by atoms with Gasteiger partial charge in [-0.25, -0.2) is 4.52 Å². The van der Waals surface area contributed by atoms with E-state index in [0.717, 1.165) is 79.8 Å². The number of hydrogen-bond acceptors (Lipinski definition) is 6. The molecule has 7 heteroatoms. The highest BCUT2D eigenvalue weighted by molar-refractivity contribution is 5.82. The fraction of sp³-hybridized carbons (Fsp3) is 0.500. The molecule has 0 N–H and O–H groups in total. The molecule has 0 radical (unpaired) electrons. The van der Waals surface area contributed by atoms with Crippen molar-refractivity contribution >= 4 is 5.52 Å². The molecule has 1 saturated heterocycles. The first kappa shape index (κ1) is 21.9. The van der Waals surface area contributed by atoms with E-state index in [1.165, 1.54) is 0 Å². The zero-order chi connectivity index (χ0) is 22.5. The number of ether oxygens (including phenoxy) is 3. The average molecular weight is 447 g/mol. The number of aromatic nitrogens is 3. The SMILES string of the molecule is N#CC1CCC(c2nccn3ncc(-c4ccc(OCCOC5CCOCC5)cc4)c23)CC1. The fourth-order valence-electron chi connectivity index (χ4n) is 4.92. The Balaban J connectivity index is 1.26. The van der Waals surface area contributed by atoms with Crippen LogP contribution in [0.1, 0.15) is 50.1 Å². The summed E-state index contributed by atoms with van der Waals surface area (Å²) in [5.41, 5.74) is 4.33. The van der Waals surface area contributed by atoms with Gasteiger partial charge in [-0.05, 0) is 56.2 Å². The minimum absolute atomic E-state index is 0.181. The standard InChI is InChI=1S/C26H30N4O3/c27-17-19-1-3-21(4-2-19)25-26-24(18-29-30(26)12-11-28-25)20-5-7-22(8-6-20)32-15-16-33-23-9-13-31-14-10-23/h5-8,11-12,18-19,21,23H,1-4,9-10,13-16H2. The van der Waals surface area contributed by atoms with E-state index >= 15 is 0 Å². The number of nitrogens with zero attached hydrogens (tertiary/aromatic N) is 4. The summed E-state index contributed by atoms with van der Waals surface area (Å²) >= 11 is 0. The molecule has 2 aliphatic rings. The summed E-state index contributed by atoms with van der Waals surface area (Å²) in [7, 11) is 0. The zero-order valence-electron chi connectivity index (χ0n) is 18.9. The van der Waals surface area contributed by atoms with Crippen LogP contribution >= 0.6 is 0 Å². The van der Waals surface area contributed by atoms with Crippen LogP contribution < -0.4 is 4.74 Å². The summed E-state index contributed by atoms with van der Waals surface area (Å²) in [5, 5.41) is 13.8. The lowest BCUT2D eigenvalue weighted by atomic mass is 9.80. The molecule has 0 unspecified atom stereocenters. The smallest absolute Gasteiger partial charge is 0.119 e. The lowest BCUT2D eigenvalue weighted by molar-refractivity contribution is -0.0388. The van der Waals surface area contributed by atoms with Crippen molar-refractivity contribution in [1.29, 1.82) is 5.26 Å². The summed E-state index contributed by atoms with van der Waals surface area (Å²) in [6.45, 7) is 2.69. The van der Waals surface area contributed by atoms with Gasteiger partial charge in [0.05, 0.1) is 36.2 Å². The third-order valence-corrected chi connectivity index (χ3v) is 6.80. The van der Waals surface area contributed by atoms with Gasteiger partial charge in [0.1, 0.15) is 12.4 Å². The van der Waals surface area contributed by atoms with Gasteiger partial charge in [-0.1, -0.05) is 12.1 Å². The Bertz CT molecular complexity index is 1090. The maximum absolute atomic E-state index is 9.23. The molecule has 0 spiro atoms. The van der Waals surface area contributed by atoms with Crippen molar-refractivity contribution in [3.63, 3.8) is 0 Å². The minimum Gasteiger partial charge on any atom is -0.491 e. The van der Waals surface area contributed by atoms with Crippen molar-refractivity contribution < 1.29 is 14.2 Å². The van der Waals surface area contributed by atoms with Crippen molar-refractivity contribution in [3.05, 3.63) is 48.5 Å². The van der Waals surface area contributed by atoms with E-state index in [2.05, 4.69) is 23.3 Å². The van der Waals surface area contributed by atoms with Gasteiger partial charge in [0, 0.05) is 43.0 Å². The van der Waals surface area contributed by atoms with Crippen LogP contribution in [0, 0.1) is 17.2 Å². The predicted octanol–water partition coefficient (Wildman–Crippen LogP) is 4.77. The highest BCUT2D eigenvalue weighted by Gasteiger charge is 2.26. The van der Waals surface area contributed by atoms with E-state index in [4.69, 9.17) is 19.2 Å². The summed E-state index contributed by atoms with van der Waals surface area (Å²) in [5.74, 6) is 1.38. The van der Waals surface area contributed by atoms with Gasteiger partial charge in [-0.3, -0.25) is 4.98 Å². The minimum atomic E-state index is 0.181. The van der Waals surface area contributed by atoms with Crippen molar-refractivity contribution in [1.82, 2.24) is 14.6 Å². The Morgan fingerprint density at radius 2 is 1.82 bits per heavy atom. The van der Waals surface area contributed by atoms with Crippen molar-refractivity contribution in [2.45, 2.75) is 50.5 Å². The van der Waals surface area contributed by atoms with Crippen LogP contribution in [-0.4, -0.2) is 47.1 Å². The third-order valence-electron chi connectivity index (χ3n) is 6.80. The third kappa shape index (κ3) is 5.02. The van der Waals surface area contributed by atoms with E-state index in [1.54, 1.807) is 0 Å². The van der Waals surface area contributed by atoms with Gasteiger partial charge >= 0.3 is 0 Å². The molecule has 1 aliphatic carbocycles. The van der Waals surface area contributed by atoms with E-state index in [0.29, 0.717) is 19.1 Å². The van der Waals surface area contributed by atoms with Crippen molar-refractivity contribution in [2.75, 3.05) is 26.4 Å². The molecule has 172 valence electrons. The van der Waals surface area contributed by atoms with Gasteiger partial charge in [0.25, 0.3) is 0 Å². The van der Waals surface area contributed by atoms with Crippen LogP contribution in [0.15, 0.2) is 42.9 Å². The van der Waals surface area contributed by atoms with Crippen LogP contribution in [0.3, 0.4) is 0 Å². The topological polar surface area (TPSA) is 81.7 Å². The molecular formula is C26H30N4O3. The molecular weight excluding hydrogens is 416 g/mol. The predicted molar refractivity (Wildman–Crippen MR) is 124 cm³/mol. The van der Waals surface area contributed by atoms with E-state index in [1.807, 2.05) is 35.2 Å². The fourth-order valence-corrected chi connectivity index (χ4v) is 4.92.